The number of hydrogen-bond donors (Lipinski definition) is 0. The van der Waals surface area contributed by atoms with E-state index >= 15 is 0 Å². The van der Waals surface area contributed by atoms with Gasteiger partial charge in [-0.2, -0.15) is 5.26 Å². The molecular weight excluding hydrogens is 296 g/mol. The second-order valence-electron chi connectivity index (χ2n) is 6.58. The Kier molecular flexibility index (Phi) is 5.12. The molecule has 0 unspecified atom stereocenters. The molecular formula is C20H24N4. The number of benzene rings is 1. The van der Waals surface area contributed by atoms with E-state index in [2.05, 4.69) is 58.2 Å². The summed E-state index contributed by atoms with van der Waals surface area (Å²) in [6, 6.07) is 17.1. The molecule has 0 aliphatic carbocycles. The second-order valence-corrected chi connectivity index (χ2v) is 6.58. The van der Waals surface area contributed by atoms with Crippen molar-refractivity contribution >= 4 is 5.82 Å². The van der Waals surface area contributed by atoms with E-state index in [1.165, 1.54) is 12.0 Å². The van der Waals surface area contributed by atoms with Crippen molar-refractivity contribution in [2.75, 3.05) is 25.0 Å². The number of piperidine rings is 1. The van der Waals surface area contributed by atoms with E-state index in [4.69, 9.17) is 0 Å². The smallest absolute Gasteiger partial charge is 0.146 e. The van der Waals surface area contributed by atoms with Crippen molar-refractivity contribution in [2.45, 2.75) is 32.4 Å². The maximum absolute atomic E-state index is 9.38. The molecule has 124 valence electrons. The summed E-state index contributed by atoms with van der Waals surface area (Å²) in [6.45, 7) is 4.83. The molecule has 0 radical (unpaired) electrons. The Morgan fingerprint density at radius 3 is 2.79 bits per heavy atom. The summed E-state index contributed by atoms with van der Waals surface area (Å²) in [7, 11) is 2.19. The molecule has 0 saturated carbocycles. The molecule has 0 bridgehead atoms. The van der Waals surface area contributed by atoms with Gasteiger partial charge in [-0.25, -0.2) is 4.98 Å². The van der Waals surface area contributed by atoms with Crippen LogP contribution in [0, 0.1) is 18.3 Å². The van der Waals surface area contributed by atoms with Crippen LogP contribution in [-0.2, 0) is 6.54 Å². The van der Waals surface area contributed by atoms with Crippen LogP contribution in [0.2, 0.25) is 0 Å². The first-order valence-corrected chi connectivity index (χ1v) is 8.54. The van der Waals surface area contributed by atoms with Crippen LogP contribution in [0.15, 0.2) is 42.5 Å². The highest BCUT2D eigenvalue weighted by Gasteiger charge is 2.25. The molecule has 1 aliphatic heterocycles. The first-order valence-electron chi connectivity index (χ1n) is 8.54. The van der Waals surface area contributed by atoms with Gasteiger partial charge in [-0.3, -0.25) is 4.90 Å². The lowest BCUT2D eigenvalue weighted by Gasteiger charge is -2.38. The Balaban J connectivity index is 1.73. The highest BCUT2D eigenvalue weighted by molar-refractivity contribution is 5.54. The molecule has 1 saturated heterocycles. The van der Waals surface area contributed by atoms with Crippen molar-refractivity contribution in [1.29, 1.82) is 5.26 Å². The minimum absolute atomic E-state index is 0.479. The number of hydrogen-bond acceptors (Lipinski definition) is 4. The first kappa shape index (κ1) is 16.5. The van der Waals surface area contributed by atoms with E-state index in [-0.39, 0.29) is 0 Å². The van der Waals surface area contributed by atoms with E-state index in [0.717, 1.165) is 37.6 Å². The molecule has 1 fully saturated rings. The summed E-state index contributed by atoms with van der Waals surface area (Å²) in [5, 5.41) is 9.38. The number of aryl methyl sites for hydroxylation is 1. The Morgan fingerprint density at radius 1 is 1.25 bits per heavy atom. The van der Waals surface area contributed by atoms with Gasteiger partial charge in [0, 0.05) is 31.4 Å². The van der Waals surface area contributed by atoms with Crippen molar-refractivity contribution in [3.8, 4) is 6.07 Å². The zero-order valence-electron chi connectivity index (χ0n) is 14.4. The Hall–Kier alpha value is -2.38. The molecule has 0 N–H and O–H groups in total. The van der Waals surface area contributed by atoms with E-state index in [1.54, 1.807) is 0 Å². The number of nitriles is 1. The summed E-state index contributed by atoms with van der Waals surface area (Å²) in [4.78, 5) is 9.33. The third kappa shape index (κ3) is 3.74. The molecule has 1 atom stereocenters. The standard InChI is InChI=1S/C20H24N4/c1-16-10-11-18(13-21)20(22-16)24-12-6-9-19(15-24)23(2)14-17-7-4-3-5-8-17/h3-5,7-8,10-11,19H,6,9,12,14-15H2,1-2H3/t19-/m1/s1. The Bertz CT molecular complexity index is 720. The highest BCUT2D eigenvalue weighted by Crippen LogP contribution is 2.24. The maximum atomic E-state index is 9.38. The molecule has 4 nitrogen and oxygen atoms in total. The monoisotopic (exact) mass is 320 g/mol. The van der Waals surface area contributed by atoms with Gasteiger partial charge in [0.2, 0.25) is 0 Å². The Labute approximate surface area is 144 Å². The molecule has 2 heterocycles. The molecule has 1 aromatic carbocycles. The lowest BCUT2D eigenvalue weighted by molar-refractivity contribution is 0.207. The van der Waals surface area contributed by atoms with E-state index in [1.807, 2.05) is 19.1 Å². The quantitative estimate of drug-likeness (QED) is 0.866. The molecule has 3 rings (SSSR count). The number of rotatable bonds is 4. The summed E-state index contributed by atoms with van der Waals surface area (Å²) >= 11 is 0. The topological polar surface area (TPSA) is 43.2 Å². The van der Waals surface area contributed by atoms with Gasteiger partial charge in [0.05, 0.1) is 5.56 Å². The van der Waals surface area contributed by atoms with Gasteiger partial charge in [0.1, 0.15) is 11.9 Å². The summed E-state index contributed by atoms with van der Waals surface area (Å²) in [5.74, 6) is 0.843. The molecule has 4 heteroatoms. The number of nitrogens with zero attached hydrogens (tertiary/aromatic N) is 4. The number of likely N-dealkylation sites (N-methyl/N-ethyl adjacent to an activating group) is 1. The highest BCUT2D eigenvalue weighted by atomic mass is 15.2. The fourth-order valence-corrected chi connectivity index (χ4v) is 3.38. The minimum atomic E-state index is 0.479. The zero-order valence-corrected chi connectivity index (χ0v) is 14.4. The van der Waals surface area contributed by atoms with Gasteiger partial charge in [0.25, 0.3) is 0 Å². The molecule has 24 heavy (non-hydrogen) atoms. The molecule has 0 amide bonds. The molecule has 0 spiro atoms. The number of anilines is 1. The van der Waals surface area contributed by atoms with Crippen LogP contribution in [0.25, 0.3) is 0 Å². The lowest BCUT2D eigenvalue weighted by Crippen LogP contribution is -2.46. The second kappa shape index (κ2) is 7.46. The largest absolute Gasteiger partial charge is 0.354 e. The van der Waals surface area contributed by atoms with E-state index < -0.39 is 0 Å². The SMILES string of the molecule is Cc1ccc(C#N)c(N2CCC[C@@H](N(C)Cc3ccccc3)C2)n1. The van der Waals surface area contributed by atoms with Gasteiger partial charge in [0.15, 0.2) is 0 Å². The lowest BCUT2D eigenvalue weighted by atomic mass is 10.0. The fraction of sp³-hybridized carbons (Fsp3) is 0.400. The van der Waals surface area contributed by atoms with Crippen LogP contribution in [0.4, 0.5) is 5.82 Å². The fourth-order valence-electron chi connectivity index (χ4n) is 3.38. The molecule has 1 aliphatic rings. The number of aromatic nitrogens is 1. The van der Waals surface area contributed by atoms with Gasteiger partial charge in [-0.15, -0.1) is 0 Å². The van der Waals surface area contributed by atoms with Crippen molar-refractivity contribution in [2.24, 2.45) is 0 Å². The van der Waals surface area contributed by atoms with Gasteiger partial charge in [-0.05, 0) is 44.5 Å². The third-order valence-corrected chi connectivity index (χ3v) is 4.73. The van der Waals surface area contributed by atoms with Crippen molar-refractivity contribution in [1.82, 2.24) is 9.88 Å². The predicted molar refractivity (Wildman–Crippen MR) is 96.8 cm³/mol. The van der Waals surface area contributed by atoms with Crippen LogP contribution in [0.3, 0.4) is 0 Å². The predicted octanol–water partition coefficient (Wildman–Crippen LogP) is 3.36. The normalized spacial score (nSPS) is 17.8. The number of pyridine rings is 1. The van der Waals surface area contributed by atoms with Gasteiger partial charge < -0.3 is 4.90 Å². The van der Waals surface area contributed by atoms with Crippen LogP contribution in [0.5, 0.6) is 0 Å². The molecule has 1 aromatic heterocycles. The van der Waals surface area contributed by atoms with Crippen molar-refractivity contribution in [3.63, 3.8) is 0 Å². The summed E-state index contributed by atoms with van der Waals surface area (Å²) in [5.41, 5.74) is 2.97. The molecule has 2 aromatic rings. The summed E-state index contributed by atoms with van der Waals surface area (Å²) < 4.78 is 0. The van der Waals surface area contributed by atoms with Crippen LogP contribution >= 0.6 is 0 Å². The first-order chi connectivity index (χ1) is 11.7. The van der Waals surface area contributed by atoms with E-state index in [0.29, 0.717) is 11.6 Å². The van der Waals surface area contributed by atoms with Crippen LogP contribution in [0.1, 0.15) is 29.7 Å². The van der Waals surface area contributed by atoms with Gasteiger partial charge >= 0.3 is 0 Å². The van der Waals surface area contributed by atoms with Crippen LogP contribution < -0.4 is 4.90 Å². The third-order valence-electron chi connectivity index (χ3n) is 4.73. The maximum Gasteiger partial charge on any atom is 0.146 e. The van der Waals surface area contributed by atoms with Crippen molar-refractivity contribution < 1.29 is 0 Å². The van der Waals surface area contributed by atoms with Gasteiger partial charge in [-0.1, -0.05) is 30.3 Å². The average molecular weight is 320 g/mol. The Morgan fingerprint density at radius 2 is 2.04 bits per heavy atom. The minimum Gasteiger partial charge on any atom is -0.354 e. The van der Waals surface area contributed by atoms with E-state index in [9.17, 15) is 5.26 Å². The van der Waals surface area contributed by atoms with Crippen molar-refractivity contribution in [3.05, 3.63) is 59.3 Å². The average Bonchev–Trinajstić information content (AvgIpc) is 2.62. The van der Waals surface area contributed by atoms with Crippen LogP contribution in [-0.4, -0.2) is 36.1 Å². The zero-order chi connectivity index (χ0) is 16.9. The summed E-state index contributed by atoms with van der Waals surface area (Å²) in [6.07, 6.45) is 2.32.